The van der Waals surface area contributed by atoms with E-state index in [-0.39, 0.29) is 24.6 Å². The summed E-state index contributed by atoms with van der Waals surface area (Å²) in [6, 6.07) is 17.6. The van der Waals surface area contributed by atoms with Gasteiger partial charge in [0.25, 0.3) is 0 Å². The van der Waals surface area contributed by atoms with Gasteiger partial charge >= 0.3 is 6.09 Å². The van der Waals surface area contributed by atoms with Crippen LogP contribution >= 0.6 is 0 Å². The van der Waals surface area contributed by atoms with Crippen molar-refractivity contribution in [1.29, 1.82) is 0 Å². The Hall–Kier alpha value is -3.72. The van der Waals surface area contributed by atoms with E-state index in [4.69, 9.17) is 4.74 Å². The lowest BCUT2D eigenvalue weighted by molar-refractivity contribution is 0.144. The number of rotatable bonds is 3. The van der Waals surface area contributed by atoms with Crippen LogP contribution in [0.1, 0.15) is 22.6 Å². The van der Waals surface area contributed by atoms with Gasteiger partial charge in [0.1, 0.15) is 6.61 Å². The van der Waals surface area contributed by atoms with E-state index in [1.165, 1.54) is 0 Å². The van der Waals surface area contributed by atoms with Gasteiger partial charge in [-0.3, -0.25) is 0 Å². The second kappa shape index (κ2) is 8.34. The largest absolute Gasteiger partial charge is 0.449 e. The molecular weight excluding hydrogens is 391 g/mol. The van der Waals surface area contributed by atoms with Crippen LogP contribution in [0.3, 0.4) is 0 Å². The summed E-state index contributed by atoms with van der Waals surface area (Å²) in [7, 11) is 0. The van der Waals surface area contributed by atoms with Crippen molar-refractivity contribution in [3.8, 4) is 23.0 Å². The van der Waals surface area contributed by atoms with Crippen molar-refractivity contribution in [1.82, 2.24) is 5.32 Å². The molecule has 1 aliphatic rings. The Labute approximate surface area is 171 Å². The van der Waals surface area contributed by atoms with Crippen molar-refractivity contribution in [2.45, 2.75) is 5.92 Å². The van der Waals surface area contributed by atoms with E-state index >= 15 is 0 Å². The SMILES string of the molecule is O=C(NCC#Cc1cc(F)c(F)c(F)c1)OCC1c2ccccc2-c2ccccc21. The quantitative estimate of drug-likeness (QED) is 0.491. The van der Waals surface area contributed by atoms with Crippen molar-refractivity contribution in [3.63, 3.8) is 0 Å². The number of amides is 1. The highest BCUT2D eigenvalue weighted by atomic mass is 19.2. The molecular formula is C24H16F3NO2. The summed E-state index contributed by atoms with van der Waals surface area (Å²) in [6.07, 6.45) is -0.650. The van der Waals surface area contributed by atoms with Gasteiger partial charge in [0.05, 0.1) is 6.54 Å². The van der Waals surface area contributed by atoms with Crippen molar-refractivity contribution in [2.75, 3.05) is 13.2 Å². The van der Waals surface area contributed by atoms with E-state index < -0.39 is 23.5 Å². The minimum Gasteiger partial charge on any atom is -0.449 e. The van der Waals surface area contributed by atoms with Crippen LogP contribution in [0.4, 0.5) is 18.0 Å². The first-order valence-electron chi connectivity index (χ1n) is 9.27. The first kappa shape index (κ1) is 19.6. The number of fused-ring (bicyclic) bond motifs is 3. The van der Waals surface area contributed by atoms with E-state index in [0.29, 0.717) is 0 Å². The Morgan fingerprint density at radius 3 is 2.10 bits per heavy atom. The monoisotopic (exact) mass is 407 g/mol. The molecule has 0 fully saturated rings. The number of hydrogen-bond donors (Lipinski definition) is 1. The third-order valence-electron chi connectivity index (χ3n) is 4.88. The van der Waals surface area contributed by atoms with E-state index in [9.17, 15) is 18.0 Å². The topological polar surface area (TPSA) is 38.3 Å². The first-order chi connectivity index (χ1) is 14.5. The highest BCUT2D eigenvalue weighted by molar-refractivity contribution is 5.79. The highest BCUT2D eigenvalue weighted by Crippen LogP contribution is 2.44. The zero-order valence-corrected chi connectivity index (χ0v) is 15.7. The van der Waals surface area contributed by atoms with Gasteiger partial charge in [-0.2, -0.15) is 0 Å². The molecule has 1 aliphatic carbocycles. The van der Waals surface area contributed by atoms with Gasteiger partial charge in [-0.05, 0) is 34.4 Å². The summed E-state index contributed by atoms with van der Waals surface area (Å²) < 4.78 is 44.6. The Bertz CT molecular complexity index is 1110. The molecule has 1 amide bonds. The van der Waals surface area contributed by atoms with Gasteiger partial charge in [-0.1, -0.05) is 60.4 Å². The predicted octanol–water partition coefficient (Wildman–Crippen LogP) is 4.99. The molecule has 3 nitrogen and oxygen atoms in total. The van der Waals surface area contributed by atoms with Gasteiger partial charge < -0.3 is 10.1 Å². The number of carbonyl (C=O) groups excluding carboxylic acids is 1. The minimum absolute atomic E-state index is 0.0271. The number of hydrogen-bond acceptors (Lipinski definition) is 2. The third-order valence-corrected chi connectivity index (χ3v) is 4.88. The first-order valence-corrected chi connectivity index (χ1v) is 9.27. The van der Waals surface area contributed by atoms with Gasteiger partial charge in [0, 0.05) is 11.5 Å². The lowest BCUT2D eigenvalue weighted by Crippen LogP contribution is -2.26. The average molecular weight is 407 g/mol. The number of benzene rings is 3. The zero-order chi connectivity index (χ0) is 21.1. The van der Waals surface area contributed by atoms with Gasteiger partial charge in [-0.25, -0.2) is 18.0 Å². The molecule has 0 saturated heterocycles. The molecule has 0 saturated carbocycles. The highest BCUT2D eigenvalue weighted by Gasteiger charge is 2.28. The third kappa shape index (κ3) is 3.87. The van der Waals surface area contributed by atoms with Crippen LogP contribution in [-0.2, 0) is 4.74 Å². The summed E-state index contributed by atoms with van der Waals surface area (Å²) in [4.78, 5) is 12.0. The molecule has 0 aromatic heterocycles. The fourth-order valence-electron chi connectivity index (χ4n) is 3.54. The number of halogens is 3. The van der Waals surface area contributed by atoms with Gasteiger partial charge in [-0.15, -0.1) is 0 Å². The molecule has 0 heterocycles. The molecule has 0 bridgehead atoms. The van der Waals surface area contributed by atoms with Crippen LogP contribution in [0, 0.1) is 29.3 Å². The molecule has 0 atom stereocenters. The minimum atomic E-state index is -1.54. The number of alkyl carbamates (subject to hydrolysis) is 1. The second-order valence-corrected chi connectivity index (χ2v) is 6.73. The molecule has 6 heteroatoms. The van der Waals surface area contributed by atoms with Crippen molar-refractivity contribution in [2.24, 2.45) is 0 Å². The molecule has 4 rings (SSSR count). The number of carbonyl (C=O) groups is 1. The van der Waals surface area contributed by atoms with Crippen molar-refractivity contribution >= 4 is 6.09 Å². The van der Waals surface area contributed by atoms with Gasteiger partial charge in [0.15, 0.2) is 17.5 Å². The average Bonchev–Trinajstić information content (AvgIpc) is 3.07. The lowest BCUT2D eigenvalue weighted by Gasteiger charge is -2.14. The molecule has 3 aromatic carbocycles. The standard InChI is InChI=1S/C24H16F3NO2/c25-21-12-15(13-22(26)23(21)27)6-5-11-28-24(29)30-14-20-18-9-3-1-7-16(18)17-8-2-4-10-19(17)20/h1-4,7-10,12-13,20H,11,14H2,(H,28,29). The number of ether oxygens (including phenoxy) is 1. The summed E-state index contributed by atoms with van der Waals surface area (Å²) in [6.45, 7) is 0.0823. The Morgan fingerprint density at radius 1 is 0.933 bits per heavy atom. The van der Waals surface area contributed by atoms with Gasteiger partial charge in [0.2, 0.25) is 0 Å². The maximum absolute atomic E-state index is 13.2. The molecule has 150 valence electrons. The molecule has 1 N–H and O–H groups in total. The van der Waals surface area contributed by atoms with E-state index in [1.807, 2.05) is 48.5 Å². The zero-order valence-electron chi connectivity index (χ0n) is 15.7. The lowest BCUT2D eigenvalue weighted by atomic mass is 9.98. The molecule has 0 aliphatic heterocycles. The number of nitrogens with one attached hydrogen (secondary N) is 1. The molecule has 0 radical (unpaired) electrons. The smallest absolute Gasteiger partial charge is 0.407 e. The summed E-state index contributed by atoms with van der Waals surface area (Å²) >= 11 is 0. The molecule has 0 spiro atoms. The van der Waals surface area contributed by atoms with Crippen LogP contribution in [0.5, 0.6) is 0 Å². The molecule has 0 unspecified atom stereocenters. The van der Waals surface area contributed by atoms with Crippen LogP contribution < -0.4 is 5.32 Å². The van der Waals surface area contributed by atoms with E-state index in [0.717, 1.165) is 34.4 Å². The molecule has 3 aromatic rings. The van der Waals surface area contributed by atoms with Crippen LogP contribution in [0.2, 0.25) is 0 Å². The predicted molar refractivity (Wildman–Crippen MR) is 106 cm³/mol. The fraction of sp³-hybridized carbons (Fsp3) is 0.125. The van der Waals surface area contributed by atoms with Crippen molar-refractivity contribution in [3.05, 3.63) is 94.8 Å². The Morgan fingerprint density at radius 2 is 1.50 bits per heavy atom. The Balaban J connectivity index is 1.35. The normalized spacial score (nSPS) is 11.8. The van der Waals surface area contributed by atoms with Crippen LogP contribution in [0.15, 0.2) is 60.7 Å². The molecule has 30 heavy (non-hydrogen) atoms. The summed E-state index contributed by atoms with van der Waals surface area (Å²) in [5, 5.41) is 2.47. The van der Waals surface area contributed by atoms with Crippen molar-refractivity contribution < 1.29 is 22.7 Å². The van der Waals surface area contributed by atoms with E-state index in [2.05, 4.69) is 17.2 Å². The fourth-order valence-corrected chi connectivity index (χ4v) is 3.54. The summed E-state index contributed by atoms with van der Waals surface area (Å²) in [5.74, 6) is 0.781. The summed E-state index contributed by atoms with van der Waals surface area (Å²) in [5.41, 5.74) is 4.44. The second-order valence-electron chi connectivity index (χ2n) is 6.73. The maximum Gasteiger partial charge on any atom is 0.407 e. The maximum atomic E-state index is 13.2. The van der Waals surface area contributed by atoms with Crippen LogP contribution in [0.25, 0.3) is 11.1 Å². The van der Waals surface area contributed by atoms with E-state index in [1.54, 1.807) is 0 Å². The van der Waals surface area contributed by atoms with Crippen LogP contribution in [-0.4, -0.2) is 19.2 Å². The Kier molecular flexibility index (Phi) is 5.44.